The molecule has 0 unspecified atom stereocenters. The Morgan fingerprint density at radius 3 is 1.21 bits per heavy atom. The van der Waals surface area contributed by atoms with Crippen molar-refractivity contribution >= 4 is 11.9 Å². The molecule has 0 saturated heterocycles. The van der Waals surface area contributed by atoms with E-state index in [2.05, 4.69) is 0 Å². The van der Waals surface area contributed by atoms with E-state index < -0.39 is 17.4 Å². The summed E-state index contributed by atoms with van der Waals surface area (Å²) in [5.41, 5.74) is -1.64. The van der Waals surface area contributed by atoms with Crippen LogP contribution in [0.4, 0.5) is 0 Å². The van der Waals surface area contributed by atoms with Crippen molar-refractivity contribution in [2.24, 2.45) is 5.41 Å². The number of aliphatic hydroxyl groups is 1. The third-order valence-corrected chi connectivity index (χ3v) is 4.78. The van der Waals surface area contributed by atoms with Crippen LogP contribution in [0.15, 0.2) is 0 Å². The molecular weight excluding hydrogens is 308 g/mol. The molecule has 0 atom stereocenters. The fourth-order valence-corrected chi connectivity index (χ4v) is 2.84. The molecule has 0 heterocycles. The standard InChI is InChI=1S/C19H36O5/c1-19(17(21)22,18(23)24)15-13-11-9-7-5-3-2-4-6-8-10-12-14-16-20/h20H,2-16H2,1H3,(H,21,22)(H,23,24). The van der Waals surface area contributed by atoms with Crippen LogP contribution >= 0.6 is 0 Å². The van der Waals surface area contributed by atoms with Crippen LogP contribution < -0.4 is 0 Å². The summed E-state index contributed by atoms with van der Waals surface area (Å²) in [5, 5.41) is 26.7. The first-order valence-electron chi connectivity index (χ1n) is 9.53. The van der Waals surface area contributed by atoms with Gasteiger partial charge < -0.3 is 15.3 Å². The molecule has 0 fully saturated rings. The van der Waals surface area contributed by atoms with Crippen molar-refractivity contribution in [3.05, 3.63) is 0 Å². The molecule has 142 valence electrons. The molecule has 0 aliphatic heterocycles. The van der Waals surface area contributed by atoms with Crippen molar-refractivity contribution in [3.63, 3.8) is 0 Å². The van der Waals surface area contributed by atoms with Crippen molar-refractivity contribution in [3.8, 4) is 0 Å². The molecule has 0 amide bonds. The lowest BCUT2D eigenvalue weighted by molar-refractivity contribution is -0.163. The molecule has 3 N–H and O–H groups in total. The van der Waals surface area contributed by atoms with Crippen LogP contribution in [-0.2, 0) is 9.59 Å². The Kier molecular flexibility index (Phi) is 13.6. The molecule has 5 heteroatoms. The van der Waals surface area contributed by atoms with Crippen LogP contribution in [0, 0.1) is 5.41 Å². The molecule has 0 bridgehead atoms. The smallest absolute Gasteiger partial charge is 0.320 e. The Morgan fingerprint density at radius 1 is 0.625 bits per heavy atom. The number of carboxylic acids is 2. The van der Waals surface area contributed by atoms with E-state index in [1.165, 1.54) is 51.9 Å². The number of unbranched alkanes of at least 4 members (excludes halogenated alkanes) is 12. The van der Waals surface area contributed by atoms with Gasteiger partial charge in [-0.3, -0.25) is 9.59 Å². The van der Waals surface area contributed by atoms with Gasteiger partial charge in [-0.15, -0.1) is 0 Å². The zero-order chi connectivity index (χ0) is 18.3. The lowest BCUT2D eigenvalue weighted by Gasteiger charge is -2.19. The fraction of sp³-hybridized carbons (Fsp3) is 0.895. The SMILES string of the molecule is CC(CCCCCCCCCCCCCCCO)(C(=O)O)C(=O)O. The largest absolute Gasteiger partial charge is 0.480 e. The molecule has 0 aliphatic rings. The summed E-state index contributed by atoms with van der Waals surface area (Å²) in [7, 11) is 0. The number of hydrogen-bond acceptors (Lipinski definition) is 3. The van der Waals surface area contributed by atoms with E-state index in [-0.39, 0.29) is 6.42 Å². The lowest BCUT2D eigenvalue weighted by Crippen LogP contribution is -2.36. The number of hydrogen-bond donors (Lipinski definition) is 3. The van der Waals surface area contributed by atoms with Crippen LogP contribution in [0.3, 0.4) is 0 Å². The van der Waals surface area contributed by atoms with Crippen LogP contribution in [0.1, 0.15) is 96.8 Å². The average molecular weight is 344 g/mol. The van der Waals surface area contributed by atoms with Crippen LogP contribution in [0.2, 0.25) is 0 Å². The van der Waals surface area contributed by atoms with E-state index in [1.807, 2.05) is 0 Å². The summed E-state index contributed by atoms with van der Waals surface area (Å²) in [6.45, 7) is 1.60. The van der Waals surface area contributed by atoms with Gasteiger partial charge in [0.05, 0.1) is 0 Å². The van der Waals surface area contributed by atoms with E-state index in [0.29, 0.717) is 13.0 Å². The molecule has 0 aliphatic carbocycles. The molecule has 24 heavy (non-hydrogen) atoms. The quantitative estimate of drug-likeness (QED) is 0.264. The third kappa shape index (κ3) is 10.6. The molecule has 0 aromatic heterocycles. The van der Waals surface area contributed by atoms with Gasteiger partial charge in [0.1, 0.15) is 0 Å². The van der Waals surface area contributed by atoms with E-state index in [0.717, 1.165) is 32.1 Å². The van der Waals surface area contributed by atoms with Crippen molar-refractivity contribution in [1.29, 1.82) is 0 Å². The van der Waals surface area contributed by atoms with Gasteiger partial charge in [-0.05, 0) is 19.8 Å². The molecule has 5 nitrogen and oxygen atoms in total. The maximum atomic E-state index is 11.0. The normalized spacial score (nSPS) is 11.6. The Balaban J connectivity index is 3.40. The molecule has 0 spiro atoms. The number of carboxylic acid groups (broad SMARTS) is 2. The number of aliphatic hydroxyl groups excluding tert-OH is 1. The minimum absolute atomic E-state index is 0.202. The minimum atomic E-state index is -1.64. The molecule has 0 aromatic carbocycles. The fourth-order valence-electron chi connectivity index (χ4n) is 2.84. The molecule has 0 saturated carbocycles. The van der Waals surface area contributed by atoms with Crippen molar-refractivity contribution < 1.29 is 24.9 Å². The van der Waals surface area contributed by atoms with Gasteiger partial charge in [-0.1, -0.05) is 77.0 Å². The van der Waals surface area contributed by atoms with Gasteiger partial charge in [0.25, 0.3) is 0 Å². The maximum absolute atomic E-state index is 11.0. The first-order valence-corrected chi connectivity index (χ1v) is 9.53. The van der Waals surface area contributed by atoms with E-state index in [9.17, 15) is 9.59 Å². The van der Waals surface area contributed by atoms with Crippen LogP contribution in [-0.4, -0.2) is 33.9 Å². The molecule has 0 aromatic rings. The first kappa shape index (κ1) is 22.9. The third-order valence-electron chi connectivity index (χ3n) is 4.78. The predicted molar refractivity (Wildman–Crippen MR) is 95.1 cm³/mol. The topological polar surface area (TPSA) is 94.8 Å². The molecule has 0 radical (unpaired) electrons. The highest BCUT2D eigenvalue weighted by Gasteiger charge is 2.40. The summed E-state index contributed by atoms with van der Waals surface area (Å²) in [6, 6.07) is 0. The lowest BCUT2D eigenvalue weighted by atomic mass is 9.85. The van der Waals surface area contributed by atoms with Crippen LogP contribution in [0.5, 0.6) is 0 Å². The summed E-state index contributed by atoms with van der Waals surface area (Å²) in [5.74, 6) is -2.49. The Hall–Kier alpha value is -1.10. The Bertz CT molecular complexity index is 327. The van der Waals surface area contributed by atoms with Gasteiger partial charge >= 0.3 is 11.9 Å². The zero-order valence-electron chi connectivity index (χ0n) is 15.3. The summed E-state index contributed by atoms with van der Waals surface area (Å²) >= 11 is 0. The van der Waals surface area contributed by atoms with E-state index in [1.54, 1.807) is 0 Å². The Labute approximate surface area is 146 Å². The van der Waals surface area contributed by atoms with Gasteiger partial charge in [0.15, 0.2) is 5.41 Å². The highest BCUT2D eigenvalue weighted by molar-refractivity contribution is 5.97. The highest BCUT2D eigenvalue weighted by Crippen LogP contribution is 2.25. The minimum Gasteiger partial charge on any atom is -0.480 e. The predicted octanol–water partition coefficient (Wildman–Crippen LogP) is 4.62. The maximum Gasteiger partial charge on any atom is 0.320 e. The zero-order valence-corrected chi connectivity index (χ0v) is 15.3. The highest BCUT2D eigenvalue weighted by atomic mass is 16.4. The van der Waals surface area contributed by atoms with E-state index in [4.69, 9.17) is 15.3 Å². The summed E-state index contributed by atoms with van der Waals surface area (Å²) in [6.07, 6.45) is 14.8. The summed E-state index contributed by atoms with van der Waals surface area (Å²) in [4.78, 5) is 22.1. The number of aliphatic carboxylic acids is 2. The second-order valence-corrected chi connectivity index (χ2v) is 7.01. The first-order chi connectivity index (χ1) is 11.4. The van der Waals surface area contributed by atoms with Gasteiger partial charge in [-0.2, -0.15) is 0 Å². The van der Waals surface area contributed by atoms with Gasteiger partial charge in [-0.25, -0.2) is 0 Å². The molecule has 0 rings (SSSR count). The van der Waals surface area contributed by atoms with Gasteiger partial charge in [0, 0.05) is 6.61 Å². The van der Waals surface area contributed by atoms with Crippen molar-refractivity contribution in [2.75, 3.05) is 6.61 Å². The number of carbonyl (C=O) groups is 2. The molecular formula is C19H36O5. The Morgan fingerprint density at radius 2 is 0.917 bits per heavy atom. The van der Waals surface area contributed by atoms with Gasteiger partial charge in [0.2, 0.25) is 0 Å². The number of rotatable bonds is 17. The second-order valence-electron chi connectivity index (χ2n) is 7.01. The van der Waals surface area contributed by atoms with E-state index >= 15 is 0 Å². The monoisotopic (exact) mass is 344 g/mol. The van der Waals surface area contributed by atoms with Crippen molar-refractivity contribution in [1.82, 2.24) is 0 Å². The van der Waals surface area contributed by atoms with Crippen LogP contribution in [0.25, 0.3) is 0 Å². The summed E-state index contributed by atoms with van der Waals surface area (Å²) < 4.78 is 0. The average Bonchev–Trinajstić information content (AvgIpc) is 2.54. The van der Waals surface area contributed by atoms with Crippen molar-refractivity contribution in [2.45, 2.75) is 96.8 Å². The second kappa shape index (κ2) is 14.3.